The molecule has 24 N–H and O–H groups in total. The molecule has 128 heavy (non-hydrogen) atoms. The Morgan fingerprint density at radius 3 is 1.16 bits per heavy atom. The van der Waals surface area contributed by atoms with Crippen molar-refractivity contribution in [2.75, 3.05) is 39.6 Å². The second kappa shape index (κ2) is 59.0. The lowest BCUT2D eigenvalue weighted by Gasteiger charge is -2.51. The summed E-state index contributed by atoms with van der Waals surface area (Å²) in [6, 6.07) is -6.94. The number of carbonyl (C=O) groups excluding carboxylic acids is 4. The minimum atomic E-state index is -3.57. The maximum Gasteiger partial charge on any atom is 0.364 e. The molecular weight excluding hydrogens is 1690 g/mol. The van der Waals surface area contributed by atoms with E-state index in [1.54, 1.807) is 0 Å². The average Bonchev–Trinajstić information content (AvgIpc) is 0.748. The lowest BCUT2D eigenvalue weighted by molar-refractivity contribution is -0.388. The van der Waals surface area contributed by atoms with E-state index in [-0.39, 0.29) is 18.7 Å². The number of carboxylic acid groups (broad SMARTS) is 3. The summed E-state index contributed by atoms with van der Waals surface area (Å²) < 4.78 is 58.4. The van der Waals surface area contributed by atoms with Crippen LogP contribution in [0.3, 0.4) is 0 Å². The molecule has 30 atom stereocenters. The highest BCUT2D eigenvalue weighted by Gasteiger charge is 2.64. The highest BCUT2D eigenvalue weighted by atomic mass is 16.8. The molecule has 3 unspecified atom stereocenters. The third-order valence-corrected chi connectivity index (χ3v) is 24.5. The van der Waals surface area contributed by atoms with Gasteiger partial charge in [0.1, 0.15) is 104 Å². The summed E-state index contributed by atoms with van der Waals surface area (Å²) in [5, 5.41) is 235. The Bertz CT molecular complexity index is 3210. The van der Waals surface area contributed by atoms with Gasteiger partial charge in [0.05, 0.1) is 88.2 Å². The number of rotatable bonds is 65. The minimum Gasteiger partial charge on any atom is -0.477 e. The molecular formula is C87H154N4O37. The highest BCUT2D eigenvalue weighted by Crippen LogP contribution is 2.43. The molecule has 0 aromatic heterocycles. The largest absolute Gasteiger partial charge is 0.477 e. The number of aliphatic hydroxyl groups excluding tert-OH is 17. The Balaban J connectivity index is 1.31. The number of aliphatic hydroxyl groups is 17. The Morgan fingerprint density at radius 2 is 0.781 bits per heavy atom. The lowest BCUT2D eigenvalue weighted by Crippen LogP contribution is -2.72. The van der Waals surface area contributed by atoms with Gasteiger partial charge in [-0.2, -0.15) is 0 Å². The SMILES string of the molecule is CCCCCCCCC=CCCCCCCCCCCCCCC(=O)N[C@@H](CO[C@@H]1O[C@H](CO)[C@@H](O[C@@H]2O[C@H](CO)[C@H](O)[C@H](O[C@]3(C(=O)O)C[C@H](O)[C@@H](NC(C)=O)C([C@H](O)[C@@H](CO)O[C@]4(C(=O)O)C[C@H](O)[C@@H](NC(C)=O)C([C@H](O)[C@@H](CO)O[C@]5(C(=O)O)C[C@H](O)[C@@H](NC(C)=O)C([C@H](O)[C@H](O)CO)O5)O4)O3)[C@H]2O)[C@H](O)[C@H]1O)[C@H](O)CCCCCCCCCCCCCCC. The first-order valence-corrected chi connectivity index (χ1v) is 46.3. The normalized spacial score (nSPS) is 31.8. The first kappa shape index (κ1) is 113. The topological polar surface area (TPSA) is 665 Å². The van der Waals surface area contributed by atoms with E-state index < -0.39 is 277 Å². The summed E-state index contributed by atoms with van der Waals surface area (Å²) in [5.74, 6) is -20.5. The number of amides is 4. The fourth-order valence-corrected chi connectivity index (χ4v) is 17.2. The van der Waals surface area contributed by atoms with Gasteiger partial charge in [0.15, 0.2) is 12.6 Å². The second-order valence-corrected chi connectivity index (χ2v) is 35.0. The molecule has 4 amide bonds. The Labute approximate surface area is 749 Å². The molecule has 0 aromatic carbocycles. The van der Waals surface area contributed by atoms with Gasteiger partial charge in [-0.25, -0.2) is 14.4 Å². The van der Waals surface area contributed by atoms with Crippen LogP contribution in [0.1, 0.15) is 272 Å². The molecule has 0 spiro atoms. The van der Waals surface area contributed by atoms with E-state index in [0.717, 1.165) is 91.4 Å². The Hall–Kier alpha value is -5.05. The van der Waals surface area contributed by atoms with Crippen LogP contribution in [0.5, 0.6) is 0 Å². The Kier molecular flexibility index (Phi) is 52.3. The summed E-state index contributed by atoms with van der Waals surface area (Å²) >= 11 is 0. The fourth-order valence-electron chi connectivity index (χ4n) is 17.2. The van der Waals surface area contributed by atoms with E-state index in [1.165, 1.54) is 122 Å². The van der Waals surface area contributed by atoms with Crippen molar-refractivity contribution in [1.82, 2.24) is 21.3 Å². The number of nitrogens with one attached hydrogen (secondary N) is 4. The van der Waals surface area contributed by atoms with Crippen LogP contribution < -0.4 is 21.3 Å². The van der Waals surface area contributed by atoms with Crippen molar-refractivity contribution in [3.05, 3.63) is 12.2 Å². The van der Waals surface area contributed by atoms with Crippen molar-refractivity contribution >= 4 is 41.5 Å². The smallest absolute Gasteiger partial charge is 0.364 e. The average molecular weight is 1850 g/mol. The number of carbonyl (C=O) groups is 7. The Morgan fingerprint density at radius 1 is 0.414 bits per heavy atom. The van der Waals surface area contributed by atoms with Crippen LogP contribution in [0.4, 0.5) is 0 Å². The van der Waals surface area contributed by atoms with E-state index in [0.29, 0.717) is 12.8 Å². The van der Waals surface area contributed by atoms with E-state index in [1.807, 2.05) is 0 Å². The number of hydrogen-bond donors (Lipinski definition) is 24. The molecule has 41 nitrogen and oxygen atoms in total. The highest BCUT2D eigenvalue weighted by molar-refractivity contribution is 5.79. The number of aliphatic carboxylic acids is 3. The first-order valence-electron chi connectivity index (χ1n) is 46.3. The fraction of sp³-hybridized carbons (Fsp3) is 0.897. The number of unbranched alkanes of at least 4 members (excludes halogenated alkanes) is 29. The van der Waals surface area contributed by atoms with Crippen molar-refractivity contribution in [3.63, 3.8) is 0 Å². The van der Waals surface area contributed by atoms with Crippen molar-refractivity contribution in [2.24, 2.45) is 0 Å². The third kappa shape index (κ3) is 35.0. The van der Waals surface area contributed by atoms with Gasteiger partial charge in [0.25, 0.3) is 17.4 Å². The number of hydrogen-bond acceptors (Lipinski definition) is 34. The number of allylic oxidation sites excluding steroid dienone is 2. The summed E-state index contributed by atoms with van der Waals surface area (Å²) in [6.45, 7) is 0.0163. The predicted molar refractivity (Wildman–Crippen MR) is 452 cm³/mol. The van der Waals surface area contributed by atoms with Gasteiger partial charge in [-0.05, 0) is 38.5 Å². The van der Waals surface area contributed by atoms with E-state index in [4.69, 9.17) is 47.4 Å². The summed E-state index contributed by atoms with van der Waals surface area (Å²) in [4.78, 5) is 92.3. The van der Waals surface area contributed by atoms with Gasteiger partial charge >= 0.3 is 17.9 Å². The monoisotopic (exact) mass is 1850 g/mol. The summed E-state index contributed by atoms with van der Waals surface area (Å²) in [7, 11) is 0. The predicted octanol–water partition coefficient (Wildman–Crippen LogP) is -0.146. The summed E-state index contributed by atoms with van der Waals surface area (Å²) in [5.41, 5.74) is 0. The van der Waals surface area contributed by atoms with E-state index in [2.05, 4.69) is 47.3 Å². The third-order valence-electron chi connectivity index (χ3n) is 24.5. The van der Waals surface area contributed by atoms with Crippen molar-refractivity contribution < 1.29 is 183 Å². The molecule has 0 aliphatic carbocycles. The molecule has 5 fully saturated rings. The van der Waals surface area contributed by atoms with Crippen LogP contribution in [0.2, 0.25) is 0 Å². The quantitative estimate of drug-likeness (QED) is 0.0278. The van der Waals surface area contributed by atoms with Gasteiger partial charge in [-0.15, -0.1) is 0 Å². The second-order valence-electron chi connectivity index (χ2n) is 35.0. The zero-order valence-corrected chi connectivity index (χ0v) is 75.0. The maximum atomic E-state index is 13.8. The molecule has 5 aliphatic rings. The molecule has 0 saturated carbocycles. The zero-order valence-electron chi connectivity index (χ0n) is 75.0. The molecule has 5 saturated heterocycles. The van der Waals surface area contributed by atoms with E-state index in [9.17, 15) is 136 Å². The summed E-state index contributed by atoms with van der Waals surface area (Å²) in [6.07, 6.45) is -14.7. The molecule has 5 rings (SSSR count). The van der Waals surface area contributed by atoms with Crippen LogP contribution in [0.15, 0.2) is 12.2 Å². The van der Waals surface area contributed by atoms with Crippen molar-refractivity contribution in [2.45, 2.75) is 454 Å². The van der Waals surface area contributed by atoms with Gasteiger partial charge in [0, 0.05) is 46.5 Å². The molecule has 0 radical (unpaired) electrons. The van der Waals surface area contributed by atoms with Crippen molar-refractivity contribution in [1.29, 1.82) is 0 Å². The van der Waals surface area contributed by atoms with Crippen LogP contribution in [-0.2, 0) is 80.9 Å². The number of ether oxygens (including phenoxy) is 10. The van der Waals surface area contributed by atoms with Gasteiger partial charge in [-0.1, -0.05) is 199 Å². The molecule has 41 heteroatoms. The van der Waals surface area contributed by atoms with Crippen LogP contribution in [0, 0.1) is 0 Å². The van der Waals surface area contributed by atoms with Gasteiger partial charge in [0.2, 0.25) is 23.6 Å². The van der Waals surface area contributed by atoms with E-state index >= 15 is 0 Å². The molecule has 0 bridgehead atoms. The standard InChI is InChI=1S/C87H154N4O37/c1-6-8-10-12-14-16-18-20-21-22-23-24-25-26-27-29-31-33-35-37-39-41-64(105)91-54(55(100)40-38-36-34-32-30-28-19-17-15-13-11-9-7-2)50-119-80-73(111)72(110)75(63(49-96)121-80)122-81-74(112)79(69(107)60(46-93)120-81)128-87(84(117)118)44-58(103)67(90-53(5)99)78(127-87)71(109)62(48-95)124-86(83(115)116)43-57(102)66(89-52(4)98)77(126-86)70(108)61(47-94)123-85(82(113)114)42-56(101)65(88-51(3)97)76(125-85)68(106)59(104)45-92/h20-21,54-63,65-81,92-96,100-104,106-112H,6-19,22-50H2,1-5H3,(H,88,97)(H,89,98)(H,90,99)(H,91,105)(H,113,114)(H,115,116)(H,117,118)/t54-,55+,56-,57-,58-,59+,60+,61+,62+,63+,65+,66+,67+,68+,69-,70+,71+,72+,73+,74+,75+,76?,77?,78?,79-,80+,81-,85+,86+,87-/m0/s1. The van der Waals surface area contributed by atoms with Gasteiger partial charge in [-0.3, -0.25) is 19.2 Å². The number of carboxylic acids is 3. The zero-order chi connectivity index (χ0) is 94.8. The molecule has 744 valence electrons. The first-order chi connectivity index (χ1) is 61.0. The maximum absolute atomic E-state index is 13.8. The van der Waals surface area contributed by atoms with Crippen molar-refractivity contribution in [3.8, 4) is 0 Å². The molecule has 5 aliphatic heterocycles. The minimum absolute atomic E-state index is 0.143. The van der Waals surface area contributed by atoms with Gasteiger partial charge < -0.3 is 171 Å². The molecule has 0 aromatic rings. The van der Waals surface area contributed by atoms with Crippen LogP contribution in [0.25, 0.3) is 0 Å². The molecule has 5 heterocycles. The lowest BCUT2D eigenvalue weighted by atomic mass is 9.86. The van der Waals surface area contributed by atoms with Crippen LogP contribution in [-0.4, -0.2) is 366 Å². The van der Waals surface area contributed by atoms with Crippen LogP contribution >= 0.6 is 0 Å².